The molecule has 1 atom stereocenters. The SMILES string of the molecule is CC[C@H](C)c1ccc(S(=O)(=O)N2CC[NH+](CC(=O)Nc3ccccc3C)CC2)cc1. The predicted octanol–water partition coefficient (Wildman–Crippen LogP) is 2.04. The smallest absolute Gasteiger partial charge is 0.279 e. The quantitative estimate of drug-likeness (QED) is 0.706. The van der Waals surface area contributed by atoms with Gasteiger partial charge in [-0.1, -0.05) is 44.2 Å². The molecule has 1 fully saturated rings. The molecular weight excluding hydrogens is 398 g/mol. The van der Waals surface area contributed by atoms with E-state index in [0.29, 0.717) is 43.5 Å². The van der Waals surface area contributed by atoms with Crippen LogP contribution in [0.25, 0.3) is 0 Å². The van der Waals surface area contributed by atoms with Gasteiger partial charge in [0.2, 0.25) is 10.0 Å². The van der Waals surface area contributed by atoms with Crippen LogP contribution in [0.5, 0.6) is 0 Å². The zero-order chi connectivity index (χ0) is 21.7. The van der Waals surface area contributed by atoms with Crippen LogP contribution in [0.2, 0.25) is 0 Å². The first-order valence-corrected chi connectivity index (χ1v) is 12.0. The van der Waals surface area contributed by atoms with Gasteiger partial charge in [0.1, 0.15) is 0 Å². The number of hydrogen-bond acceptors (Lipinski definition) is 3. The molecule has 0 aliphatic carbocycles. The fourth-order valence-electron chi connectivity index (χ4n) is 3.71. The molecule has 2 aromatic carbocycles. The lowest BCUT2D eigenvalue weighted by molar-refractivity contribution is -0.895. The Morgan fingerprint density at radius 2 is 1.73 bits per heavy atom. The highest BCUT2D eigenvalue weighted by molar-refractivity contribution is 7.89. The van der Waals surface area contributed by atoms with E-state index in [-0.39, 0.29) is 5.91 Å². The van der Waals surface area contributed by atoms with E-state index in [1.165, 1.54) is 4.31 Å². The molecule has 6 nitrogen and oxygen atoms in total. The first-order chi connectivity index (χ1) is 14.3. The highest BCUT2D eigenvalue weighted by Gasteiger charge is 2.31. The van der Waals surface area contributed by atoms with Crippen LogP contribution in [0.15, 0.2) is 53.4 Å². The molecule has 162 valence electrons. The second-order valence-electron chi connectivity index (χ2n) is 8.07. The van der Waals surface area contributed by atoms with Crippen molar-refractivity contribution in [3.05, 3.63) is 59.7 Å². The maximum Gasteiger partial charge on any atom is 0.279 e. The predicted molar refractivity (Wildman–Crippen MR) is 119 cm³/mol. The van der Waals surface area contributed by atoms with Gasteiger partial charge in [-0.3, -0.25) is 4.79 Å². The molecule has 1 amide bonds. The Morgan fingerprint density at radius 1 is 1.10 bits per heavy atom. The summed E-state index contributed by atoms with van der Waals surface area (Å²) < 4.78 is 27.5. The van der Waals surface area contributed by atoms with Crippen LogP contribution >= 0.6 is 0 Å². The van der Waals surface area contributed by atoms with Gasteiger partial charge in [-0.25, -0.2) is 8.42 Å². The maximum absolute atomic E-state index is 13.0. The maximum atomic E-state index is 13.0. The topological polar surface area (TPSA) is 70.9 Å². The van der Waals surface area contributed by atoms with Crippen LogP contribution in [0.3, 0.4) is 0 Å². The van der Waals surface area contributed by atoms with Crippen LogP contribution in [0.1, 0.15) is 37.3 Å². The molecular formula is C23H32N3O3S+. The van der Waals surface area contributed by atoms with Crippen LogP contribution < -0.4 is 10.2 Å². The van der Waals surface area contributed by atoms with E-state index >= 15 is 0 Å². The number of carbonyl (C=O) groups excluding carboxylic acids is 1. The molecule has 1 heterocycles. The Kier molecular flexibility index (Phi) is 7.28. The second kappa shape index (κ2) is 9.73. The molecule has 0 saturated carbocycles. The van der Waals surface area contributed by atoms with Gasteiger partial charge in [0.15, 0.2) is 6.54 Å². The summed E-state index contributed by atoms with van der Waals surface area (Å²) in [5, 5.41) is 2.95. The van der Waals surface area contributed by atoms with Crippen molar-refractivity contribution < 1.29 is 18.1 Å². The average Bonchev–Trinajstić information content (AvgIpc) is 2.75. The van der Waals surface area contributed by atoms with Crippen molar-refractivity contribution in [3.63, 3.8) is 0 Å². The van der Waals surface area contributed by atoms with Crippen molar-refractivity contribution in [3.8, 4) is 0 Å². The molecule has 1 aliphatic rings. The number of piperazine rings is 1. The Morgan fingerprint density at radius 3 is 2.33 bits per heavy atom. The number of sulfonamides is 1. The number of para-hydroxylation sites is 1. The van der Waals surface area contributed by atoms with Crippen molar-refractivity contribution in [1.29, 1.82) is 0 Å². The average molecular weight is 431 g/mol. The largest absolute Gasteiger partial charge is 0.325 e. The fraction of sp³-hybridized carbons (Fsp3) is 0.435. The Balaban J connectivity index is 1.55. The molecule has 0 aromatic heterocycles. The number of benzene rings is 2. The molecule has 3 rings (SSSR count). The first-order valence-electron chi connectivity index (χ1n) is 10.6. The van der Waals surface area contributed by atoms with Crippen molar-refractivity contribution in [2.24, 2.45) is 0 Å². The molecule has 0 radical (unpaired) electrons. The van der Waals surface area contributed by atoms with E-state index in [0.717, 1.165) is 28.1 Å². The Labute approximate surface area is 179 Å². The van der Waals surface area contributed by atoms with E-state index in [9.17, 15) is 13.2 Å². The summed E-state index contributed by atoms with van der Waals surface area (Å²) in [6, 6.07) is 14.9. The number of hydrogen-bond donors (Lipinski definition) is 2. The van der Waals surface area contributed by atoms with Crippen LogP contribution in [0, 0.1) is 6.92 Å². The minimum Gasteiger partial charge on any atom is -0.325 e. The number of quaternary nitrogens is 1. The third kappa shape index (κ3) is 5.28. The van der Waals surface area contributed by atoms with Gasteiger partial charge in [-0.05, 0) is 48.6 Å². The van der Waals surface area contributed by atoms with Gasteiger partial charge >= 0.3 is 0 Å². The van der Waals surface area contributed by atoms with Gasteiger partial charge in [-0.2, -0.15) is 4.31 Å². The lowest BCUT2D eigenvalue weighted by Gasteiger charge is -2.31. The Bertz CT molecular complexity index is 965. The molecule has 0 bridgehead atoms. The highest BCUT2D eigenvalue weighted by Crippen LogP contribution is 2.22. The van der Waals surface area contributed by atoms with Crippen LogP contribution in [-0.2, 0) is 14.8 Å². The van der Waals surface area contributed by atoms with Crippen LogP contribution in [0.4, 0.5) is 5.69 Å². The Hall–Kier alpha value is -2.22. The zero-order valence-electron chi connectivity index (χ0n) is 18.0. The summed E-state index contributed by atoms with van der Waals surface area (Å²) in [6.45, 7) is 8.63. The second-order valence-corrected chi connectivity index (χ2v) is 10.0. The number of aryl methyl sites for hydroxylation is 1. The normalized spacial score (nSPS) is 16.9. The van der Waals surface area contributed by atoms with E-state index in [1.807, 2.05) is 43.3 Å². The van der Waals surface area contributed by atoms with E-state index in [4.69, 9.17) is 0 Å². The van der Waals surface area contributed by atoms with E-state index in [2.05, 4.69) is 19.2 Å². The number of rotatable bonds is 7. The minimum absolute atomic E-state index is 0.0451. The van der Waals surface area contributed by atoms with Gasteiger partial charge in [0, 0.05) is 5.69 Å². The number of nitrogens with one attached hydrogen (secondary N) is 2. The molecule has 1 aliphatic heterocycles. The number of anilines is 1. The molecule has 1 saturated heterocycles. The van der Waals surface area contributed by atoms with Crippen molar-refractivity contribution >= 4 is 21.6 Å². The van der Waals surface area contributed by atoms with Gasteiger partial charge in [-0.15, -0.1) is 0 Å². The molecule has 2 aromatic rings. The van der Waals surface area contributed by atoms with Crippen molar-refractivity contribution in [1.82, 2.24) is 4.31 Å². The third-order valence-corrected chi connectivity index (χ3v) is 7.87. The number of amides is 1. The van der Waals surface area contributed by atoms with Crippen LogP contribution in [-0.4, -0.2) is 51.4 Å². The molecule has 30 heavy (non-hydrogen) atoms. The molecule has 0 unspecified atom stereocenters. The van der Waals surface area contributed by atoms with Gasteiger partial charge in [0.25, 0.3) is 5.91 Å². The summed E-state index contributed by atoms with van der Waals surface area (Å²) >= 11 is 0. The summed E-state index contributed by atoms with van der Waals surface area (Å²) in [6.07, 6.45) is 1.02. The van der Waals surface area contributed by atoms with E-state index < -0.39 is 10.0 Å². The van der Waals surface area contributed by atoms with E-state index in [1.54, 1.807) is 12.1 Å². The van der Waals surface area contributed by atoms with Crippen molar-refractivity contribution in [2.75, 3.05) is 38.0 Å². The summed E-state index contributed by atoms with van der Waals surface area (Å²) in [5.41, 5.74) is 3.01. The lowest BCUT2D eigenvalue weighted by atomic mass is 9.99. The highest BCUT2D eigenvalue weighted by atomic mass is 32.2. The summed E-state index contributed by atoms with van der Waals surface area (Å²) in [4.78, 5) is 13.8. The summed E-state index contributed by atoms with van der Waals surface area (Å²) in [7, 11) is -3.50. The molecule has 7 heteroatoms. The number of nitrogens with zero attached hydrogens (tertiary/aromatic N) is 1. The van der Waals surface area contributed by atoms with Gasteiger partial charge in [0.05, 0.1) is 31.1 Å². The molecule has 0 spiro atoms. The zero-order valence-corrected chi connectivity index (χ0v) is 18.8. The lowest BCUT2D eigenvalue weighted by Crippen LogP contribution is -3.15. The summed E-state index contributed by atoms with van der Waals surface area (Å²) in [5.74, 6) is 0.371. The first kappa shape index (κ1) is 22.5. The third-order valence-electron chi connectivity index (χ3n) is 5.96. The van der Waals surface area contributed by atoms with Crippen molar-refractivity contribution in [2.45, 2.75) is 38.0 Å². The monoisotopic (exact) mass is 430 g/mol. The standard InChI is InChI=1S/C23H31N3O3S/c1-4-18(2)20-9-11-21(12-10-20)30(28,29)26-15-13-25(14-16-26)17-23(27)24-22-8-6-5-7-19(22)3/h5-12,18H,4,13-17H2,1-3H3,(H,24,27)/p+1/t18-/m0/s1. The van der Waals surface area contributed by atoms with Gasteiger partial charge < -0.3 is 10.2 Å². The number of carbonyl (C=O) groups is 1. The molecule has 2 N–H and O–H groups in total. The minimum atomic E-state index is -3.50. The fourth-order valence-corrected chi connectivity index (χ4v) is 5.15.